The van der Waals surface area contributed by atoms with Gasteiger partial charge in [0.1, 0.15) is 13.2 Å². The Morgan fingerprint density at radius 2 is 2.12 bits per heavy atom. The fourth-order valence-corrected chi connectivity index (χ4v) is 3.50. The van der Waals surface area contributed by atoms with E-state index in [1.54, 1.807) is 0 Å². The van der Waals surface area contributed by atoms with Gasteiger partial charge in [0.15, 0.2) is 11.5 Å². The largest absolute Gasteiger partial charge is 0.486 e. The topological polar surface area (TPSA) is 51.5 Å². The van der Waals surface area contributed by atoms with Gasteiger partial charge in [-0.2, -0.15) is 5.10 Å². The first-order valence-corrected chi connectivity index (χ1v) is 8.62. The van der Waals surface area contributed by atoms with Gasteiger partial charge in [-0.25, -0.2) is 0 Å². The standard InChI is InChI=1S/C18H24N4O2/c1-21-11-14(10-19-21)12-22-6-2-3-16(13-22)20-15-4-5-17-18(9-15)24-8-7-23-17/h4-5,9-11,16,20H,2-3,6-8,12-13H2,1H3/t16-/m1/s1. The van der Waals surface area contributed by atoms with Crippen molar-refractivity contribution in [3.8, 4) is 11.5 Å². The second kappa shape index (κ2) is 6.73. The third-order valence-electron chi connectivity index (χ3n) is 4.58. The number of aromatic nitrogens is 2. The Labute approximate surface area is 142 Å². The van der Waals surface area contributed by atoms with Gasteiger partial charge in [-0.05, 0) is 31.5 Å². The van der Waals surface area contributed by atoms with Crippen molar-refractivity contribution in [2.45, 2.75) is 25.4 Å². The molecule has 1 N–H and O–H groups in total. The zero-order chi connectivity index (χ0) is 16.4. The van der Waals surface area contributed by atoms with Crippen LogP contribution in [0.15, 0.2) is 30.6 Å². The molecule has 0 aliphatic carbocycles. The summed E-state index contributed by atoms with van der Waals surface area (Å²) in [7, 11) is 1.96. The Hall–Kier alpha value is -2.21. The molecule has 4 rings (SSSR count). The summed E-state index contributed by atoms with van der Waals surface area (Å²) in [5.41, 5.74) is 2.38. The molecule has 0 radical (unpaired) electrons. The number of piperidine rings is 1. The number of hydrogen-bond acceptors (Lipinski definition) is 5. The van der Waals surface area contributed by atoms with Gasteiger partial charge in [0.05, 0.1) is 6.20 Å². The number of ether oxygens (including phenoxy) is 2. The number of rotatable bonds is 4. The molecule has 24 heavy (non-hydrogen) atoms. The lowest BCUT2D eigenvalue weighted by molar-refractivity contribution is 0.171. The van der Waals surface area contributed by atoms with Crippen LogP contribution in [0.3, 0.4) is 0 Å². The van der Waals surface area contributed by atoms with E-state index in [1.165, 1.54) is 18.4 Å². The summed E-state index contributed by atoms with van der Waals surface area (Å²) in [6, 6.07) is 6.58. The maximum atomic E-state index is 5.67. The SMILES string of the molecule is Cn1cc(CN2CCC[C@@H](Nc3ccc4c(c3)OCCO4)C2)cn1. The summed E-state index contributed by atoms with van der Waals surface area (Å²) in [5, 5.41) is 7.91. The predicted molar refractivity (Wildman–Crippen MR) is 92.6 cm³/mol. The molecule has 1 fully saturated rings. The molecule has 6 heteroatoms. The highest BCUT2D eigenvalue weighted by molar-refractivity contribution is 5.55. The van der Waals surface area contributed by atoms with Crippen molar-refractivity contribution in [3.05, 3.63) is 36.2 Å². The molecule has 1 aromatic heterocycles. The van der Waals surface area contributed by atoms with E-state index in [4.69, 9.17) is 9.47 Å². The van der Waals surface area contributed by atoms with Crippen LogP contribution in [0.1, 0.15) is 18.4 Å². The lowest BCUT2D eigenvalue weighted by Gasteiger charge is -2.33. The molecule has 2 aromatic rings. The maximum absolute atomic E-state index is 5.67. The van der Waals surface area contributed by atoms with Gasteiger partial charge in [0.2, 0.25) is 0 Å². The Morgan fingerprint density at radius 3 is 2.96 bits per heavy atom. The van der Waals surface area contributed by atoms with E-state index >= 15 is 0 Å². The Kier molecular flexibility index (Phi) is 4.30. The highest BCUT2D eigenvalue weighted by Crippen LogP contribution is 2.33. The molecular weight excluding hydrogens is 304 g/mol. The molecular formula is C18H24N4O2. The van der Waals surface area contributed by atoms with Gasteiger partial charge in [-0.3, -0.25) is 9.58 Å². The maximum Gasteiger partial charge on any atom is 0.163 e. The van der Waals surface area contributed by atoms with Crippen molar-refractivity contribution in [1.29, 1.82) is 0 Å². The van der Waals surface area contributed by atoms with Crippen molar-refractivity contribution >= 4 is 5.69 Å². The third kappa shape index (κ3) is 3.48. The van der Waals surface area contributed by atoms with Crippen molar-refractivity contribution in [3.63, 3.8) is 0 Å². The molecule has 2 aliphatic heterocycles. The first-order valence-electron chi connectivity index (χ1n) is 8.62. The van der Waals surface area contributed by atoms with Crippen LogP contribution in [0.2, 0.25) is 0 Å². The number of fused-ring (bicyclic) bond motifs is 1. The summed E-state index contributed by atoms with van der Waals surface area (Å²) < 4.78 is 13.1. The molecule has 6 nitrogen and oxygen atoms in total. The zero-order valence-corrected chi connectivity index (χ0v) is 14.1. The summed E-state index contributed by atoms with van der Waals surface area (Å²) in [6.07, 6.45) is 6.45. The molecule has 2 aliphatic rings. The van der Waals surface area contributed by atoms with Crippen LogP contribution in [0.25, 0.3) is 0 Å². The quantitative estimate of drug-likeness (QED) is 0.933. The Morgan fingerprint density at radius 1 is 1.25 bits per heavy atom. The second-order valence-electron chi connectivity index (χ2n) is 6.60. The van der Waals surface area contributed by atoms with Crippen molar-refractivity contribution in [1.82, 2.24) is 14.7 Å². The highest BCUT2D eigenvalue weighted by Gasteiger charge is 2.21. The highest BCUT2D eigenvalue weighted by atomic mass is 16.6. The summed E-state index contributed by atoms with van der Waals surface area (Å²) in [6.45, 7) is 4.41. The molecule has 0 unspecified atom stereocenters. The lowest BCUT2D eigenvalue weighted by atomic mass is 10.0. The molecule has 0 bridgehead atoms. The Bertz CT molecular complexity index is 700. The minimum Gasteiger partial charge on any atom is -0.486 e. The number of hydrogen-bond donors (Lipinski definition) is 1. The summed E-state index contributed by atoms with van der Waals surface area (Å²) >= 11 is 0. The fourth-order valence-electron chi connectivity index (χ4n) is 3.50. The normalized spacial score (nSPS) is 20.8. The number of likely N-dealkylation sites (tertiary alicyclic amines) is 1. The number of nitrogens with zero attached hydrogens (tertiary/aromatic N) is 3. The number of aryl methyl sites for hydroxylation is 1. The molecule has 1 atom stereocenters. The van der Waals surface area contributed by atoms with Crippen LogP contribution in [0, 0.1) is 0 Å². The van der Waals surface area contributed by atoms with Gasteiger partial charge in [-0.1, -0.05) is 0 Å². The molecule has 1 aromatic carbocycles. The van der Waals surface area contributed by atoms with E-state index in [-0.39, 0.29) is 0 Å². The van der Waals surface area contributed by atoms with Crippen LogP contribution in [-0.4, -0.2) is 47.0 Å². The first-order chi connectivity index (χ1) is 11.8. The number of nitrogens with one attached hydrogen (secondary N) is 1. The lowest BCUT2D eigenvalue weighted by Crippen LogP contribution is -2.41. The molecule has 0 amide bonds. The van der Waals surface area contributed by atoms with E-state index < -0.39 is 0 Å². The zero-order valence-electron chi connectivity index (χ0n) is 14.1. The van der Waals surface area contributed by atoms with Gasteiger partial charge in [0.25, 0.3) is 0 Å². The van der Waals surface area contributed by atoms with E-state index in [0.29, 0.717) is 19.3 Å². The number of benzene rings is 1. The van der Waals surface area contributed by atoms with Crippen LogP contribution in [0.4, 0.5) is 5.69 Å². The van der Waals surface area contributed by atoms with Crippen LogP contribution >= 0.6 is 0 Å². The monoisotopic (exact) mass is 328 g/mol. The van der Waals surface area contributed by atoms with Gasteiger partial charge >= 0.3 is 0 Å². The van der Waals surface area contributed by atoms with Gasteiger partial charge < -0.3 is 14.8 Å². The van der Waals surface area contributed by atoms with Crippen LogP contribution in [-0.2, 0) is 13.6 Å². The number of anilines is 1. The minimum atomic E-state index is 0.456. The smallest absolute Gasteiger partial charge is 0.163 e. The second-order valence-corrected chi connectivity index (χ2v) is 6.60. The summed E-state index contributed by atoms with van der Waals surface area (Å²) in [4.78, 5) is 2.50. The average molecular weight is 328 g/mol. The van der Waals surface area contributed by atoms with E-state index in [0.717, 1.165) is 36.8 Å². The van der Waals surface area contributed by atoms with E-state index in [1.807, 2.05) is 24.0 Å². The van der Waals surface area contributed by atoms with Gasteiger partial charge in [-0.15, -0.1) is 0 Å². The van der Waals surface area contributed by atoms with Gasteiger partial charge in [0, 0.05) is 49.7 Å². The first kappa shape index (κ1) is 15.3. The minimum absolute atomic E-state index is 0.456. The van der Waals surface area contributed by atoms with Crippen LogP contribution in [0.5, 0.6) is 11.5 Å². The van der Waals surface area contributed by atoms with Crippen molar-refractivity contribution < 1.29 is 9.47 Å². The summed E-state index contributed by atoms with van der Waals surface area (Å²) in [5.74, 6) is 1.68. The molecule has 1 saturated heterocycles. The van der Waals surface area contributed by atoms with Crippen LogP contribution < -0.4 is 14.8 Å². The van der Waals surface area contributed by atoms with E-state index in [2.05, 4.69) is 33.6 Å². The van der Waals surface area contributed by atoms with Crippen molar-refractivity contribution in [2.24, 2.45) is 7.05 Å². The predicted octanol–water partition coefficient (Wildman–Crippen LogP) is 2.27. The third-order valence-corrected chi connectivity index (χ3v) is 4.58. The average Bonchev–Trinajstić information content (AvgIpc) is 3.00. The molecule has 0 spiro atoms. The molecule has 3 heterocycles. The fraction of sp³-hybridized carbons (Fsp3) is 0.500. The Balaban J connectivity index is 1.37. The van der Waals surface area contributed by atoms with E-state index in [9.17, 15) is 0 Å². The van der Waals surface area contributed by atoms with Crippen molar-refractivity contribution in [2.75, 3.05) is 31.6 Å². The molecule has 128 valence electrons. The molecule has 0 saturated carbocycles.